The lowest BCUT2D eigenvalue weighted by Crippen LogP contribution is -2.19. The molecule has 0 bridgehead atoms. The first kappa shape index (κ1) is 19.1. The van der Waals surface area contributed by atoms with Crippen molar-refractivity contribution in [2.75, 3.05) is 7.05 Å². The first-order valence-electron chi connectivity index (χ1n) is 7.62. The van der Waals surface area contributed by atoms with Gasteiger partial charge in [-0.05, 0) is 47.6 Å². The molecule has 2 heterocycles. The number of sulfonamides is 1. The Morgan fingerprint density at radius 3 is 2.78 bits per heavy atom. The molecule has 0 radical (unpaired) electrons. The third-order valence-corrected chi connectivity index (χ3v) is 5.93. The van der Waals surface area contributed by atoms with Crippen LogP contribution in [0.4, 0.5) is 11.4 Å². The standard InChI is InChI=1S/C16H14BrN5O4S/c1-10-14(5-12(22(23)24)6-15(10)27(25,26)18-2)19-7-13-8-20-16-4-3-11(17)9-21(13)16/h3-9,18H,1-2H3. The number of fused-ring (bicyclic) bond motifs is 1. The van der Waals surface area contributed by atoms with Crippen LogP contribution in [-0.2, 0) is 10.0 Å². The zero-order chi connectivity index (χ0) is 19.8. The Morgan fingerprint density at radius 2 is 2.11 bits per heavy atom. The van der Waals surface area contributed by atoms with E-state index in [-0.39, 0.29) is 16.3 Å². The van der Waals surface area contributed by atoms with Crippen molar-refractivity contribution in [3.63, 3.8) is 0 Å². The summed E-state index contributed by atoms with van der Waals surface area (Å²) in [6.45, 7) is 1.55. The van der Waals surface area contributed by atoms with Gasteiger partial charge in [0.05, 0.1) is 33.6 Å². The summed E-state index contributed by atoms with van der Waals surface area (Å²) >= 11 is 3.38. The Balaban J connectivity index is 2.14. The van der Waals surface area contributed by atoms with Crippen molar-refractivity contribution in [2.45, 2.75) is 11.8 Å². The molecule has 0 saturated heterocycles. The van der Waals surface area contributed by atoms with E-state index in [1.165, 1.54) is 19.3 Å². The van der Waals surface area contributed by atoms with Crippen LogP contribution in [0.2, 0.25) is 0 Å². The fourth-order valence-corrected chi connectivity index (χ4v) is 3.83. The highest BCUT2D eigenvalue weighted by molar-refractivity contribution is 9.10. The molecule has 0 spiro atoms. The zero-order valence-corrected chi connectivity index (χ0v) is 16.7. The first-order chi connectivity index (χ1) is 12.7. The number of rotatable bonds is 5. The molecule has 0 aliphatic rings. The molecule has 1 aromatic carbocycles. The summed E-state index contributed by atoms with van der Waals surface area (Å²) in [4.78, 5) is 18.9. The van der Waals surface area contributed by atoms with Gasteiger partial charge < -0.3 is 0 Å². The van der Waals surface area contributed by atoms with Crippen molar-refractivity contribution in [1.29, 1.82) is 0 Å². The summed E-state index contributed by atoms with van der Waals surface area (Å²) in [7, 11) is -2.63. The molecule has 11 heteroatoms. The molecular weight excluding hydrogens is 438 g/mol. The highest BCUT2D eigenvalue weighted by Crippen LogP contribution is 2.31. The Morgan fingerprint density at radius 1 is 1.37 bits per heavy atom. The van der Waals surface area contributed by atoms with Crippen LogP contribution in [0.1, 0.15) is 11.3 Å². The van der Waals surface area contributed by atoms with E-state index >= 15 is 0 Å². The molecule has 140 valence electrons. The molecule has 0 aliphatic carbocycles. The summed E-state index contributed by atoms with van der Waals surface area (Å²) in [5.74, 6) is 0. The second-order valence-corrected chi connectivity index (χ2v) is 8.34. The fraction of sp³-hybridized carbons (Fsp3) is 0.125. The minimum absolute atomic E-state index is 0.183. The van der Waals surface area contributed by atoms with Gasteiger partial charge >= 0.3 is 0 Å². The second-order valence-electron chi connectivity index (χ2n) is 5.57. The average molecular weight is 452 g/mol. The van der Waals surface area contributed by atoms with Crippen molar-refractivity contribution in [3.05, 3.63) is 62.5 Å². The van der Waals surface area contributed by atoms with Gasteiger partial charge in [-0.25, -0.2) is 18.1 Å². The third kappa shape index (κ3) is 3.75. The molecule has 0 atom stereocenters. The number of halogens is 1. The van der Waals surface area contributed by atoms with Crippen LogP contribution in [0, 0.1) is 17.0 Å². The van der Waals surface area contributed by atoms with Crippen LogP contribution >= 0.6 is 15.9 Å². The number of nitrogens with one attached hydrogen (secondary N) is 1. The summed E-state index contributed by atoms with van der Waals surface area (Å²) < 4.78 is 29.2. The zero-order valence-electron chi connectivity index (χ0n) is 14.2. The molecule has 3 rings (SSSR count). The molecule has 2 aromatic heterocycles. The van der Waals surface area contributed by atoms with Crippen LogP contribution in [0.3, 0.4) is 0 Å². The van der Waals surface area contributed by atoms with Crippen LogP contribution in [0.5, 0.6) is 0 Å². The predicted octanol–water partition coefficient (Wildman–Crippen LogP) is 2.97. The number of nitro groups is 1. The van der Waals surface area contributed by atoms with Gasteiger partial charge in [0, 0.05) is 22.8 Å². The summed E-state index contributed by atoms with van der Waals surface area (Å²) in [5, 5.41) is 11.2. The van der Waals surface area contributed by atoms with Crippen molar-refractivity contribution in [2.24, 2.45) is 4.99 Å². The molecule has 0 amide bonds. The molecule has 3 aromatic rings. The largest absolute Gasteiger partial charge is 0.298 e. The predicted molar refractivity (Wildman–Crippen MR) is 104 cm³/mol. The van der Waals surface area contributed by atoms with Gasteiger partial charge in [0.1, 0.15) is 5.65 Å². The Bertz CT molecular complexity index is 1190. The van der Waals surface area contributed by atoms with Crippen LogP contribution in [0.15, 0.2) is 51.0 Å². The van der Waals surface area contributed by atoms with E-state index in [1.54, 1.807) is 23.7 Å². The van der Waals surface area contributed by atoms with Crippen LogP contribution in [-0.4, -0.2) is 36.0 Å². The van der Waals surface area contributed by atoms with Gasteiger partial charge in [-0.1, -0.05) is 0 Å². The number of hydrogen-bond donors (Lipinski definition) is 1. The Labute approximate surface area is 163 Å². The molecule has 0 saturated carbocycles. The topological polar surface area (TPSA) is 119 Å². The number of non-ortho nitro benzene ring substituents is 1. The minimum Gasteiger partial charge on any atom is -0.298 e. The third-order valence-electron chi connectivity index (χ3n) is 3.92. The molecule has 0 aliphatic heterocycles. The molecule has 0 fully saturated rings. The normalized spacial score (nSPS) is 12.1. The van der Waals surface area contributed by atoms with Gasteiger partial charge in [0.25, 0.3) is 5.69 Å². The minimum atomic E-state index is -3.87. The monoisotopic (exact) mass is 451 g/mol. The maximum Gasteiger partial charge on any atom is 0.272 e. The number of hydrogen-bond acceptors (Lipinski definition) is 6. The lowest BCUT2D eigenvalue weighted by molar-refractivity contribution is -0.385. The van der Waals surface area contributed by atoms with Crippen molar-refractivity contribution in [3.8, 4) is 0 Å². The van der Waals surface area contributed by atoms with E-state index < -0.39 is 14.9 Å². The van der Waals surface area contributed by atoms with Crippen molar-refractivity contribution in [1.82, 2.24) is 14.1 Å². The van der Waals surface area contributed by atoms with Crippen molar-refractivity contribution >= 4 is 49.2 Å². The lowest BCUT2D eigenvalue weighted by Gasteiger charge is -2.09. The van der Waals surface area contributed by atoms with E-state index in [0.29, 0.717) is 16.9 Å². The van der Waals surface area contributed by atoms with Crippen LogP contribution < -0.4 is 4.72 Å². The maximum absolute atomic E-state index is 12.2. The number of pyridine rings is 1. The summed E-state index contributed by atoms with van der Waals surface area (Å²) in [5.41, 5.74) is 1.47. The van der Waals surface area contributed by atoms with Crippen LogP contribution in [0.25, 0.3) is 5.65 Å². The smallest absolute Gasteiger partial charge is 0.272 e. The molecule has 9 nitrogen and oxygen atoms in total. The lowest BCUT2D eigenvalue weighted by atomic mass is 10.2. The average Bonchev–Trinajstić information content (AvgIpc) is 3.02. The van der Waals surface area contributed by atoms with Gasteiger partial charge in [-0.2, -0.15) is 0 Å². The highest BCUT2D eigenvalue weighted by Gasteiger charge is 2.22. The quantitative estimate of drug-likeness (QED) is 0.363. The summed E-state index contributed by atoms with van der Waals surface area (Å²) in [6.07, 6.45) is 4.89. The van der Waals surface area contributed by atoms with Gasteiger partial charge in [-0.3, -0.25) is 19.5 Å². The number of aromatic nitrogens is 2. The van der Waals surface area contributed by atoms with E-state index in [1.807, 2.05) is 12.1 Å². The van der Waals surface area contributed by atoms with Crippen molar-refractivity contribution < 1.29 is 13.3 Å². The number of imidazole rings is 1. The van der Waals surface area contributed by atoms with E-state index in [0.717, 1.165) is 10.5 Å². The number of nitrogens with zero attached hydrogens (tertiary/aromatic N) is 4. The number of aliphatic imine (C=N–C) groups is 1. The van der Waals surface area contributed by atoms with E-state index in [9.17, 15) is 18.5 Å². The molecule has 1 N–H and O–H groups in total. The highest BCUT2D eigenvalue weighted by atomic mass is 79.9. The van der Waals surface area contributed by atoms with E-state index in [4.69, 9.17) is 0 Å². The molecule has 0 unspecified atom stereocenters. The SMILES string of the molecule is CNS(=O)(=O)c1cc([N+](=O)[O-])cc(N=Cc2cnc3ccc(Br)cn23)c1C. The second kappa shape index (κ2) is 7.18. The summed E-state index contributed by atoms with van der Waals surface area (Å²) in [6, 6.07) is 5.92. The first-order valence-corrected chi connectivity index (χ1v) is 9.90. The van der Waals surface area contributed by atoms with E-state index in [2.05, 4.69) is 30.6 Å². The number of nitro benzene ring substituents is 1. The Kier molecular flexibility index (Phi) is 5.09. The molecular formula is C16H14BrN5O4S. The van der Waals surface area contributed by atoms with Gasteiger partial charge in [0.2, 0.25) is 10.0 Å². The van der Waals surface area contributed by atoms with Gasteiger partial charge in [0.15, 0.2) is 0 Å². The fourth-order valence-electron chi connectivity index (χ4n) is 2.49. The number of benzene rings is 1. The van der Waals surface area contributed by atoms with Gasteiger partial charge in [-0.15, -0.1) is 0 Å². The Hall–Kier alpha value is -2.63. The maximum atomic E-state index is 12.2. The molecule has 27 heavy (non-hydrogen) atoms.